The van der Waals surface area contributed by atoms with Crippen LogP contribution in [0.1, 0.15) is 50.5 Å². The van der Waals surface area contributed by atoms with Crippen molar-refractivity contribution in [2.24, 2.45) is 11.8 Å². The van der Waals surface area contributed by atoms with Gasteiger partial charge in [-0.2, -0.15) is 0 Å². The first-order valence-corrected chi connectivity index (χ1v) is 7.25. The number of nitrogens with two attached hydrogens (primary N) is 1. The van der Waals surface area contributed by atoms with Crippen LogP contribution in [0.3, 0.4) is 0 Å². The number of hydrogen-bond donors (Lipinski definition) is 2. The SMILES string of the molecule is NNC(CCc1cccnc1)C1CCCCCC1. The van der Waals surface area contributed by atoms with E-state index < -0.39 is 0 Å². The summed E-state index contributed by atoms with van der Waals surface area (Å²) in [5, 5.41) is 0. The summed E-state index contributed by atoms with van der Waals surface area (Å²) < 4.78 is 0. The molecule has 3 heteroatoms. The number of hydrazine groups is 1. The Labute approximate surface area is 110 Å². The Morgan fingerprint density at radius 1 is 1.28 bits per heavy atom. The average molecular weight is 247 g/mol. The first-order valence-electron chi connectivity index (χ1n) is 7.25. The standard InChI is InChI=1S/C15H25N3/c16-18-15(14-7-3-1-2-4-8-14)10-9-13-6-5-11-17-12-13/h5-6,11-12,14-15,18H,1-4,7-10,16H2. The molecule has 18 heavy (non-hydrogen) atoms. The molecule has 0 bridgehead atoms. The summed E-state index contributed by atoms with van der Waals surface area (Å²) in [5.41, 5.74) is 4.36. The predicted octanol–water partition coefficient (Wildman–Crippen LogP) is 2.82. The van der Waals surface area contributed by atoms with E-state index >= 15 is 0 Å². The maximum absolute atomic E-state index is 5.75. The molecule has 3 nitrogen and oxygen atoms in total. The highest BCUT2D eigenvalue weighted by Crippen LogP contribution is 2.27. The lowest BCUT2D eigenvalue weighted by molar-refractivity contribution is 0.307. The lowest BCUT2D eigenvalue weighted by Gasteiger charge is -2.25. The molecule has 1 heterocycles. The molecule has 0 aliphatic heterocycles. The summed E-state index contributed by atoms with van der Waals surface area (Å²) >= 11 is 0. The van der Waals surface area contributed by atoms with Crippen LogP contribution < -0.4 is 11.3 Å². The molecule has 0 spiro atoms. The van der Waals surface area contributed by atoms with E-state index in [1.807, 2.05) is 18.5 Å². The second-order valence-electron chi connectivity index (χ2n) is 5.42. The van der Waals surface area contributed by atoms with Crippen LogP contribution >= 0.6 is 0 Å². The highest BCUT2D eigenvalue weighted by atomic mass is 15.2. The van der Waals surface area contributed by atoms with Crippen LogP contribution in [-0.4, -0.2) is 11.0 Å². The Balaban J connectivity index is 1.84. The number of pyridine rings is 1. The summed E-state index contributed by atoms with van der Waals surface area (Å²) in [6.45, 7) is 0. The van der Waals surface area contributed by atoms with Crippen LogP contribution in [0.2, 0.25) is 0 Å². The van der Waals surface area contributed by atoms with Gasteiger partial charge in [-0.3, -0.25) is 16.3 Å². The zero-order valence-electron chi connectivity index (χ0n) is 11.1. The van der Waals surface area contributed by atoms with Crippen LogP contribution in [0.4, 0.5) is 0 Å². The molecule has 1 aliphatic rings. The molecule has 1 aromatic rings. The van der Waals surface area contributed by atoms with Crippen molar-refractivity contribution in [3.05, 3.63) is 30.1 Å². The first kappa shape index (κ1) is 13.5. The van der Waals surface area contributed by atoms with Gasteiger partial charge in [0.1, 0.15) is 0 Å². The van der Waals surface area contributed by atoms with E-state index in [4.69, 9.17) is 5.84 Å². The molecule has 1 fully saturated rings. The Morgan fingerprint density at radius 2 is 2.06 bits per heavy atom. The van der Waals surface area contributed by atoms with Crippen molar-refractivity contribution in [3.63, 3.8) is 0 Å². The van der Waals surface area contributed by atoms with Crippen LogP contribution in [0.15, 0.2) is 24.5 Å². The van der Waals surface area contributed by atoms with Gasteiger partial charge in [0.15, 0.2) is 0 Å². The zero-order valence-corrected chi connectivity index (χ0v) is 11.1. The van der Waals surface area contributed by atoms with Gasteiger partial charge in [0.25, 0.3) is 0 Å². The number of aryl methyl sites for hydroxylation is 1. The van der Waals surface area contributed by atoms with Crippen LogP contribution in [0.25, 0.3) is 0 Å². The second-order valence-corrected chi connectivity index (χ2v) is 5.42. The molecule has 1 aromatic heterocycles. The van der Waals surface area contributed by atoms with Gasteiger partial charge in [0.05, 0.1) is 0 Å². The molecule has 0 radical (unpaired) electrons. The van der Waals surface area contributed by atoms with Gasteiger partial charge in [-0.05, 0) is 43.2 Å². The molecule has 1 atom stereocenters. The van der Waals surface area contributed by atoms with E-state index in [1.54, 1.807) is 0 Å². The fourth-order valence-electron chi connectivity index (χ4n) is 3.04. The molecule has 1 saturated carbocycles. The molecule has 100 valence electrons. The summed E-state index contributed by atoms with van der Waals surface area (Å²) in [4.78, 5) is 4.16. The van der Waals surface area contributed by atoms with Crippen molar-refractivity contribution in [2.45, 2.75) is 57.4 Å². The monoisotopic (exact) mass is 247 g/mol. The van der Waals surface area contributed by atoms with Crippen molar-refractivity contribution in [3.8, 4) is 0 Å². The average Bonchev–Trinajstić information content (AvgIpc) is 2.70. The summed E-state index contributed by atoms with van der Waals surface area (Å²) in [7, 11) is 0. The lowest BCUT2D eigenvalue weighted by atomic mass is 9.88. The molecule has 1 unspecified atom stereocenters. The van der Waals surface area contributed by atoms with Gasteiger partial charge in [-0.15, -0.1) is 0 Å². The molecule has 0 aromatic carbocycles. The van der Waals surface area contributed by atoms with Crippen molar-refractivity contribution in [2.75, 3.05) is 0 Å². The third kappa shape index (κ3) is 4.07. The van der Waals surface area contributed by atoms with Crippen LogP contribution in [-0.2, 0) is 6.42 Å². The Kier molecular flexibility index (Phi) is 5.62. The smallest absolute Gasteiger partial charge is 0.0299 e. The predicted molar refractivity (Wildman–Crippen MR) is 74.9 cm³/mol. The molecule has 3 N–H and O–H groups in total. The van der Waals surface area contributed by atoms with Gasteiger partial charge in [0.2, 0.25) is 0 Å². The summed E-state index contributed by atoms with van der Waals surface area (Å²) in [6, 6.07) is 4.61. The molecule has 0 amide bonds. The fourth-order valence-corrected chi connectivity index (χ4v) is 3.04. The maximum Gasteiger partial charge on any atom is 0.0299 e. The van der Waals surface area contributed by atoms with Crippen molar-refractivity contribution < 1.29 is 0 Å². The third-order valence-corrected chi connectivity index (χ3v) is 4.15. The normalized spacial score (nSPS) is 19.4. The topological polar surface area (TPSA) is 50.9 Å². The van der Waals surface area contributed by atoms with Crippen LogP contribution in [0.5, 0.6) is 0 Å². The minimum atomic E-state index is 0.461. The van der Waals surface area contributed by atoms with E-state index in [2.05, 4.69) is 16.5 Å². The maximum atomic E-state index is 5.75. The van der Waals surface area contributed by atoms with E-state index in [0.717, 1.165) is 18.8 Å². The largest absolute Gasteiger partial charge is 0.271 e. The zero-order chi connectivity index (χ0) is 12.6. The van der Waals surface area contributed by atoms with Gasteiger partial charge < -0.3 is 0 Å². The molecule has 2 rings (SSSR count). The minimum absolute atomic E-state index is 0.461. The number of aromatic nitrogens is 1. The minimum Gasteiger partial charge on any atom is -0.271 e. The summed E-state index contributed by atoms with van der Waals surface area (Å²) in [6.07, 6.45) is 14.2. The highest BCUT2D eigenvalue weighted by Gasteiger charge is 2.21. The van der Waals surface area contributed by atoms with Gasteiger partial charge in [-0.25, -0.2) is 0 Å². The summed E-state index contributed by atoms with van der Waals surface area (Å²) in [5.74, 6) is 6.51. The number of nitrogens with zero attached hydrogens (tertiary/aromatic N) is 1. The van der Waals surface area contributed by atoms with E-state index in [1.165, 1.54) is 44.1 Å². The molecular formula is C15H25N3. The quantitative estimate of drug-likeness (QED) is 0.478. The Bertz CT molecular complexity index is 318. The molecular weight excluding hydrogens is 222 g/mol. The van der Waals surface area contributed by atoms with Gasteiger partial charge >= 0.3 is 0 Å². The second kappa shape index (κ2) is 7.49. The van der Waals surface area contributed by atoms with E-state index in [9.17, 15) is 0 Å². The fraction of sp³-hybridized carbons (Fsp3) is 0.667. The van der Waals surface area contributed by atoms with Crippen LogP contribution in [0, 0.1) is 5.92 Å². The lowest BCUT2D eigenvalue weighted by Crippen LogP contribution is -2.41. The highest BCUT2D eigenvalue weighted by molar-refractivity contribution is 5.08. The number of hydrogen-bond acceptors (Lipinski definition) is 3. The van der Waals surface area contributed by atoms with Crippen molar-refractivity contribution in [1.82, 2.24) is 10.4 Å². The van der Waals surface area contributed by atoms with E-state index in [-0.39, 0.29) is 0 Å². The molecule has 0 saturated heterocycles. The van der Waals surface area contributed by atoms with Gasteiger partial charge in [0, 0.05) is 18.4 Å². The van der Waals surface area contributed by atoms with E-state index in [0.29, 0.717) is 6.04 Å². The Hall–Kier alpha value is -0.930. The molecule has 1 aliphatic carbocycles. The van der Waals surface area contributed by atoms with Gasteiger partial charge in [-0.1, -0.05) is 31.7 Å². The number of nitrogens with one attached hydrogen (secondary N) is 1. The van der Waals surface area contributed by atoms with Crippen molar-refractivity contribution in [1.29, 1.82) is 0 Å². The first-order chi connectivity index (χ1) is 8.90. The Morgan fingerprint density at radius 3 is 2.67 bits per heavy atom. The third-order valence-electron chi connectivity index (χ3n) is 4.15. The van der Waals surface area contributed by atoms with Crippen molar-refractivity contribution >= 4 is 0 Å². The number of rotatable bonds is 5.